The number of nitrogens with zero attached hydrogens (tertiary/aromatic N) is 1. The summed E-state index contributed by atoms with van der Waals surface area (Å²) in [6.45, 7) is 2.03. The van der Waals surface area contributed by atoms with E-state index in [-0.39, 0.29) is 18.0 Å². The van der Waals surface area contributed by atoms with Gasteiger partial charge in [0.2, 0.25) is 5.91 Å². The van der Waals surface area contributed by atoms with Crippen LogP contribution in [0.3, 0.4) is 0 Å². The van der Waals surface area contributed by atoms with Crippen LogP contribution in [0.5, 0.6) is 0 Å². The van der Waals surface area contributed by atoms with Crippen LogP contribution in [0, 0.1) is 11.6 Å². The summed E-state index contributed by atoms with van der Waals surface area (Å²) >= 11 is 0. The highest BCUT2D eigenvalue weighted by atomic mass is 19.1. The lowest BCUT2D eigenvalue weighted by molar-refractivity contribution is -0.132. The molecule has 140 valence electrons. The van der Waals surface area contributed by atoms with Crippen molar-refractivity contribution in [2.75, 3.05) is 20.6 Å². The van der Waals surface area contributed by atoms with Crippen molar-refractivity contribution in [3.8, 4) is 0 Å². The van der Waals surface area contributed by atoms with E-state index >= 15 is 0 Å². The molecular formula is C20H24F2N2O2. The van der Waals surface area contributed by atoms with Gasteiger partial charge in [-0.25, -0.2) is 8.78 Å². The molecule has 2 rings (SSSR count). The number of ether oxygens (including phenoxy) is 1. The van der Waals surface area contributed by atoms with Crippen molar-refractivity contribution in [1.29, 1.82) is 0 Å². The van der Waals surface area contributed by atoms with Gasteiger partial charge in [-0.3, -0.25) is 4.79 Å². The van der Waals surface area contributed by atoms with Crippen molar-refractivity contribution >= 4 is 5.91 Å². The first-order valence-corrected chi connectivity index (χ1v) is 8.43. The minimum atomic E-state index is -0.677. The van der Waals surface area contributed by atoms with E-state index in [0.717, 1.165) is 5.56 Å². The maximum Gasteiger partial charge on any atom is 0.248 e. The van der Waals surface area contributed by atoms with Crippen molar-refractivity contribution in [1.82, 2.24) is 10.2 Å². The highest BCUT2D eigenvalue weighted by Crippen LogP contribution is 2.23. The molecule has 0 saturated heterocycles. The van der Waals surface area contributed by atoms with Crippen LogP contribution in [0.2, 0.25) is 0 Å². The number of likely N-dealkylation sites (N-methyl/N-ethyl adjacent to an activating group) is 1. The number of amides is 1. The Hall–Kier alpha value is -2.31. The third-order valence-corrected chi connectivity index (χ3v) is 4.14. The number of benzene rings is 2. The molecule has 0 aliphatic carbocycles. The van der Waals surface area contributed by atoms with Crippen molar-refractivity contribution in [3.05, 3.63) is 71.3 Å². The van der Waals surface area contributed by atoms with Gasteiger partial charge in [0, 0.05) is 12.1 Å². The molecule has 2 aromatic rings. The molecule has 0 spiro atoms. The van der Waals surface area contributed by atoms with Gasteiger partial charge in [0.15, 0.2) is 0 Å². The second-order valence-corrected chi connectivity index (χ2v) is 6.30. The molecule has 2 aromatic carbocycles. The monoisotopic (exact) mass is 362 g/mol. The zero-order valence-corrected chi connectivity index (χ0v) is 15.2. The third-order valence-electron chi connectivity index (χ3n) is 4.14. The van der Waals surface area contributed by atoms with Crippen LogP contribution >= 0.6 is 0 Å². The smallest absolute Gasteiger partial charge is 0.248 e. The van der Waals surface area contributed by atoms with Crippen LogP contribution in [0.15, 0.2) is 48.5 Å². The molecule has 1 N–H and O–H groups in total. The fraction of sp³-hybridized carbons (Fsp3) is 0.350. The fourth-order valence-electron chi connectivity index (χ4n) is 2.58. The van der Waals surface area contributed by atoms with Gasteiger partial charge in [-0.15, -0.1) is 0 Å². The summed E-state index contributed by atoms with van der Waals surface area (Å²) < 4.78 is 33.7. The number of carbonyl (C=O) groups excluding carboxylic acids is 1. The van der Waals surface area contributed by atoms with E-state index in [9.17, 15) is 13.6 Å². The largest absolute Gasteiger partial charge is 0.364 e. The summed E-state index contributed by atoms with van der Waals surface area (Å²) in [7, 11) is 3.41. The highest BCUT2D eigenvalue weighted by Gasteiger charge is 2.24. The van der Waals surface area contributed by atoms with E-state index in [2.05, 4.69) is 5.32 Å². The molecule has 0 aliphatic rings. The average molecular weight is 362 g/mol. The van der Waals surface area contributed by atoms with Crippen molar-refractivity contribution in [2.24, 2.45) is 0 Å². The summed E-state index contributed by atoms with van der Waals surface area (Å²) in [5.74, 6) is -1.60. The van der Waals surface area contributed by atoms with Crippen LogP contribution in [0.4, 0.5) is 8.78 Å². The predicted molar refractivity (Wildman–Crippen MR) is 96.5 cm³/mol. The van der Waals surface area contributed by atoms with Crippen molar-refractivity contribution < 1.29 is 18.3 Å². The van der Waals surface area contributed by atoms with E-state index in [1.807, 2.05) is 30.3 Å². The molecule has 0 bridgehead atoms. The number of halogens is 2. The molecule has 6 heteroatoms. The Bertz CT molecular complexity index is 703. The Balaban J connectivity index is 1.95. The van der Waals surface area contributed by atoms with Crippen LogP contribution in [0.25, 0.3) is 0 Å². The molecule has 26 heavy (non-hydrogen) atoms. The second kappa shape index (κ2) is 9.40. The summed E-state index contributed by atoms with van der Waals surface area (Å²) in [4.78, 5) is 13.9. The zero-order chi connectivity index (χ0) is 19.1. The standard InChI is InChI=1S/C20H24F2N2O2/c1-14(26-13-15-8-5-4-6-9-15)20(25)23-12-18(24(2)3)19-16(21)10-7-11-17(19)22/h4-11,14,18H,12-13H2,1-3H3,(H,23,25). The molecule has 0 saturated carbocycles. The van der Waals surface area contributed by atoms with Crippen molar-refractivity contribution in [2.45, 2.75) is 25.7 Å². The molecule has 2 unspecified atom stereocenters. The Morgan fingerprint density at radius 1 is 1.08 bits per heavy atom. The highest BCUT2D eigenvalue weighted by molar-refractivity contribution is 5.80. The lowest BCUT2D eigenvalue weighted by Gasteiger charge is -2.26. The molecule has 0 heterocycles. The van der Waals surface area contributed by atoms with Crippen molar-refractivity contribution in [3.63, 3.8) is 0 Å². The van der Waals surface area contributed by atoms with Crippen LogP contribution in [-0.2, 0) is 16.1 Å². The quantitative estimate of drug-likeness (QED) is 0.784. The number of nitrogens with one attached hydrogen (secondary N) is 1. The summed E-state index contributed by atoms with van der Waals surface area (Å²) in [6, 6.07) is 12.6. The first-order valence-electron chi connectivity index (χ1n) is 8.43. The van der Waals surface area contributed by atoms with Gasteiger partial charge in [-0.1, -0.05) is 36.4 Å². The maximum atomic E-state index is 14.0. The Morgan fingerprint density at radius 3 is 2.27 bits per heavy atom. The summed E-state index contributed by atoms with van der Waals surface area (Å²) in [5, 5.41) is 2.71. The SMILES string of the molecule is CC(OCc1ccccc1)C(=O)NCC(c1c(F)cccc1F)N(C)C. The minimum absolute atomic E-state index is 0.0596. The van der Waals surface area contributed by atoms with Gasteiger partial charge >= 0.3 is 0 Å². The molecule has 0 aliphatic heterocycles. The van der Waals surface area contributed by atoms with Gasteiger partial charge in [-0.05, 0) is 38.7 Å². The van der Waals surface area contributed by atoms with E-state index < -0.39 is 23.8 Å². The van der Waals surface area contributed by atoms with E-state index in [4.69, 9.17) is 4.74 Å². The second-order valence-electron chi connectivity index (χ2n) is 6.30. The number of hydrogen-bond acceptors (Lipinski definition) is 3. The van der Waals surface area contributed by atoms with Crippen LogP contribution in [0.1, 0.15) is 24.1 Å². The lowest BCUT2D eigenvalue weighted by Crippen LogP contribution is -2.40. The van der Waals surface area contributed by atoms with Gasteiger partial charge in [0.05, 0.1) is 12.6 Å². The van der Waals surface area contributed by atoms with Gasteiger partial charge in [-0.2, -0.15) is 0 Å². The summed E-state index contributed by atoms with van der Waals surface area (Å²) in [5.41, 5.74) is 0.905. The maximum absolute atomic E-state index is 14.0. The topological polar surface area (TPSA) is 41.6 Å². The number of rotatable bonds is 8. The molecular weight excluding hydrogens is 338 g/mol. The molecule has 0 radical (unpaired) electrons. The molecule has 2 atom stereocenters. The molecule has 0 aromatic heterocycles. The first kappa shape index (κ1) is 20.0. The molecule has 0 fully saturated rings. The van der Waals surface area contributed by atoms with Crippen LogP contribution in [-0.4, -0.2) is 37.6 Å². The Kier molecular flexibility index (Phi) is 7.24. The Morgan fingerprint density at radius 2 is 1.69 bits per heavy atom. The summed E-state index contributed by atoms with van der Waals surface area (Å²) in [6.07, 6.45) is -0.677. The third kappa shape index (κ3) is 5.34. The van der Waals surface area contributed by atoms with Crippen LogP contribution < -0.4 is 5.32 Å². The Labute approximate surface area is 152 Å². The zero-order valence-electron chi connectivity index (χ0n) is 15.2. The van der Waals surface area contributed by atoms with Gasteiger partial charge < -0.3 is 15.0 Å². The lowest BCUT2D eigenvalue weighted by atomic mass is 10.0. The van der Waals surface area contributed by atoms with E-state index in [1.165, 1.54) is 18.2 Å². The van der Waals surface area contributed by atoms with E-state index in [0.29, 0.717) is 6.61 Å². The number of hydrogen-bond donors (Lipinski definition) is 1. The fourth-order valence-corrected chi connectivity index (χ4v) is 2.58. The van der Waals surface area contributed by atoms with Gasteiger partial charge in [0.25, 0.3) is 0 Å². The van der Waals surface area contributed by atoms with E-state index in [1.54, 1.807) is 25.9 Å². The van der Waals surface area contributed by atoms with Gasteiger partial charge in [0.1, 0.15) is 17.7 Å². The molecule has 1 amide bonds. The minimum Gasteiger partial charge on any atom is -0.364 e. The number of carbonyl (C=O) groups is 1. The normalized spacial score (nSPS) is 13.5. The molecule has 4 nitrogen and oxygen atoms in total. The predicted octanol–water partition coefficient (Wildman–Crippen LogP) is 3.29. The first-order chi connectivity index (χ1) is 12.4. The average Bonchev–Trinajstić information content (AvgIpc) is 2.62.